The van der Waals surface area contributed by atoms with Gasteiger partial charge in [0.1, 0.15) is 6.04 Å². The van der Waals surface area contributed by atoms with E-state index in [1.165, 1.54) is 12.3 Å². The number of amides is 2. The maximum absolute atomic E-state index is 13.6. The molecule has 2 aromatic carbocycles. The second-order valence-electron chi connectivity index (χ2n) is 7.51. The summed E-state index contributed by atoms with van der Waals surface area (Å²) in [5, 5.41) is 12.7. The van der Waals surface area contributed by atoms with Crippen molar-refractivity contribution in [3.8, 4) is 17.2 Å². The normalized spacial score (nSPS) is 17.2. The highest BCUT2D eigenvalue weighted by Crippen LogP contribution is 2.31. The molecule has 0 bridgehead atoms. The largest absolute Gasteiger partial charge is 0.343 e. The van der Waals surface area contributed by atoms with Gasteiger partial charge in [-0.15, -0.1) is 0 Å². The third-order valence-corrected chi connectivity index (χ3v) is 5.56. The Hall–Kier alpha value is -3.57. The number of pyridine rings is 1. The number of benzene rings is 2. The first kappa shape index (κ1) is 21.7. The van der Waals surface area contributed by atoms with Gasteiger partial charge in [-0.05, 0) is 41.5 Å². The first-order chi connectivity index (χ1) is 15.3. The van der Waals surface area contributed by atoms with E-state index < -0.39 is 43.3 Å². The molecule has 6 nitrogen and oxygen atoms in total. The Morgan fingerprint density at radius 1 is 1.19 bits per heavy atom. The predicted molar refractivity (Wildman–Crippen MR) is 115 cm³/mol. The highest BCUT2D eigenvalue weighted by molar-refractivity contribution is 6.30. The number of likely N-dealkylation sites (tertiary alicyclic amines) is 1. The first-order valence-electron chi connectivity index (χ1n) is 9.77. The van der Waals surface area contributed by atoms with Gasteiger partial charge in [0.05, 0.1) is 30.2 Å². The number of carbonyl (C=O) groups excluding carboxylic acids is 2. The van der Waals surface area contributed by atoms with Crippen molar-refractivity contribution in [2.75, 3.05) is 13.1 Å². The zero-order valence-electron chi connectivity index (χ0n) is 16.7. The Bertz CT molecular complexity index is 1240. The van der Waals surface area contributed by atoms with Crippen LogP contribution in [0.25, 0.3) is 22.0 Å². The second kappa shape index (κ2) is 8.52. The molecule has 2 amide bonds. The molecule has 1 aliphatic rings. The van der Waals surface area contributed by atoms with E-state index in [2.05, 4.69) is 10.3 Å². The van der Waals surface area contributed by atoms with Crippen LogP contribution in [0.4, 0.5) is 8.78 Å². The van der Waals surface area contributed by atoms with E-state index in [0.717, 1.165) is 16.0 Å². The number of fused-ring (bicyclic) bond motifs is 1. The minimum atomic E-state index is -3.11. The highest BCUT2D eigenvalue weighted by atomic mass is 35.5. The van der Waals surface area contributed by atoms with E-state index >= 15 is 0 Å². The number of hydrogen-bond acceptors (Lipinski definition) is 4. The van der Waals surface area contributed by atoms with Gasteiger partial charge >= 0.3 is 0 Å². The SMILES string of the molecule is N#CC1CC(F)(F)CN1C(=O)CNC(=O)c1ccnc2ccc(-c3ccc(Cl)cc3)cc12. The zero-order chi connectivity index (χ0) is 22.9. The van der Waals surface area contributed by atoms with Gasteiger partial charge in [0.15, 0.2) is 0 Å². The summed E-state index contributed by atoms with van der Waals surface area (Å²) in [6, 6.07) is 14.7. The van der Waals surface area contributed by atoms with Crippen LogP contribution >= 0.6 is 11.6 Å². The molecular formula is C23H17ClF2N4O2. The summed E-state index contributed by atoms with van der Waals surface area (Å²) < 4.78 is 27.2. The number of nitriles is 1. The van der Waals surface area contributed by atoms with E-state index in [4.69, 9.17) is 16.9 Å². The average Bonchev–Trinajstić information content (AvgIpc) is 3.11. The molecule has 1 N–H and O–H groups in total. The fourth-order valence-electron chi connectivity index (χ4n) is 3.71. The molecule has 1 saturated heterocycles. The molecule has 0 radical (unpaired) electrons. The summed E-state index contributed by atoms with van der Waals surface area (Å²) in [6.45, 7) is -1.32. The summed E-state index contributed by atoms with van der Waals surface area (Å²) >= 11 is 5.95. The Morgan fingerprint density at radius 2 is 1.91 bits per heavy atom. The van der Waals surface area contributed by atoms with Crippen molar-refractivity contribution < 1.29 is 18.4 Å². The molecule has 162 valence electrons. The van der Waals surface area contributed by atoms with Crippen LogP contribution in [0.1, 0.15) is 16.8 Å². The Labute approximate surface area is 187 Å². The molecule has 1 fully saturated rings. The van der Waals surface area contributed by atoms with Gasteiger partial charge in [-0.3, -0.25) is 14.6 Å². The maximum atomic E-state index is 13.6. The quantitative estimate of drug-likeness (QED) is 0.644. The Kier molecular flexibility index (Phi) is 5.76. The highest BCUT2D eigenvalue weighted by Gasteiger charge is 2.47. The predicted octanol–water partition coefficient (Wildman–Crippen LogP) is 4.04. The molecule has 0 saturated carbocycles. The molecule has 1 unspecified atom stereocenters. The molecule has 9 heteroatoms. The number of aromatic nitrogens is 1. The van der Waals surface area contributed by atoms with Gasteiger partial charge in [-0.1, -0.05) is 29.8 Å². The number of alkyl halides is 2. The Balaban J connectivity index is 1.54. The summed E-state index contributed by atoms with van der Waals surface area (Å²) in [5.41, 5.74) is 2.63. The van der Waals surface area contributed by atoms with E-state index in [9.17, 15) is 18.4 Å². The van der Waals surface area contributed by atoms with E-state index in [0.29, 0.717) is 21.5 Å². The van der Waals surface area contributed by atoms with Crippen LogP contribution in [0.3, 0.4) is 0 Å². The zero-order valence-corrected chi connectivity index (χ0v) is 17.4. The minimum absolute atomic E-state index is 0.294. The fraction of sp³-hybridized carbons (Fsp3) is 0.217. The molecule has 0 spiro atoms. The third-order valence-electron chi connectivity index (χ3n) is 5.30. The monoisotopic (exact) mass is 454 g/mol. The van der Waals surface area contributed by atoms with Crippen molar-refractivity contribution in [3.05, 3.63) is 65.3 Å². The summed E-state index contributed by atoms with van der Waals surface area (Å²) in [5.74, 6) is -4.39. The van der Waals surface area contributed by atoms with Crippen LogP contribution in [-0.4, -0.2) is 46.8 Å². The first-order valence-corrected chi connectivity index (χ1v) is 10.1. The number of rotatable bonds is 4. The van der Waals surface area contributed by atoms with Crippen molar-refractivity contribution in [1.82, 2.24) is 15.2 Å². The molecule has 32 heavy (non-hydrogen) atoms. The molecule has 4 rings (SSSR count). The van der Waals surface area contributed by atoms with Gasteiger partial charge in [0.2, 0.25) is 5.91 Å². The topological polar surface area (TPSA) is 86.1 Å². The average molecular weight is 455 g/mol. The van der Waals surface area contributed by atoms with Crippen LogP contribution in [0.5, 0.6) is 0 Å². The van der Waals surface area contributed by atoms with Crippen LogP contribution < -0.4 is 5.32 Å². The van der Waals surface area contributed by atoms with Crippen molar-refractivity contribution >= 4 is 34.3 Å². The molecule has 1 aromatic heterocycles. The molecule has 0 aliphatic carbocycles. The molecule has 3 aromatic rings. The number of halogens is 3. The van der Waals surface area contributed by atoms with Crippen molar-refractivity contribution in [3.63, 3.8) is 0 Å². The number of nitrogens with zero attached hydrogens (tertiary/aromatic N) is 3. The summed E-state index contributed by atoms with van der Waals surface area (Å²) in [7, 11) is 0. The number of hydrogen-bond donors (Lipinski definition) is 1. The van der Waals surface area contributed by atoms with Crippen molar-refractivity contribution in [2.45, 2.75) is 18.4 Å². The Morgan fingerprint density at radius 3 is 2.62 bits per heavy atom. The standard InChI is InChI=1S/C23H17ClF2N4O2/c24-16-4-1-14(2-5-16)15-3-6-20-19(9-15)18(7-8-28-20)22(32)29-12-21(31)30-13-23(25,26)10-17(30)11-27/h1-9,17H,10,12-13H2,(H,29,32). The lowest BCUT2D eigenvalue weighted by Gasteiger charge is -2.19. The fourth-order valence-corrected chi connectivity index (χ4v) is 3.84. The molecule has 1 aliphatic heterocycles. The minimum Gasteiger partial charge on any atom is -0.343 e. The lowest BCUT2D eigenvalue weighted by Crippen LogP contribution is -2.43. The van der Waals surface area contributed by atoms with Gasteiger partial charge in [0, 0.05) is 23.0 Å². The van der Waals surface area contributed by atoms with E-state index in [1.807, 2.05) is 24.3 Å². The van der Waals surface area contributed by atoms with Crippen molar-refractivity contribution in [2.24, 2.45) is 0 Å². The number of nitrogens with one attached hydrogen (secondary N) is 1. The van der Waals surface area contributed by atoms with Gasteiger partial charge in [-0.2, -0.15) is 5.26 Å². The van der Waals surface area contributed by atoms with Crippen LogP contribution in [0.15, 0.2) is 54.7 Å². The molecule has 1 atom stereocenters. The smallest absolute Gasteiger partial charge is 0.268 e. The van der Waals surface area contributed by atoms with Gasteiger partial charge < -0.3 is 10.2 Å². The third kappa shape index (κ3) is 4.39. The summed E-state index contributed by atoms with van der Waals surface area (Å²) in [4.78, 5) is 30.3. The van der Waals surface area contributed by atoms with Gasteiger partial charge in [0.25, 0.3) is 11.8 Å². The molecule has 2 heterocycles. The van der Waals surface area contributed by atoms with Crippen molar-refractivity contribution in [1.29, 1.82) is 5.26 Å². The van der Waals surface area contributed by atoms with Crippen LogP contribution in [0.2, 0.25) is 5.02 Å². The lowest BCUT2D eigenvalue weighted by molar-refractivity contribution is -0.131. The van der Waals surface area contributed by atoms with E-state index in [1.54, 1.807) is 24.3 Å². The lowest BCUT2D eigenvalue weighted by atomic mass is 10.0. The second-order valence-corrected chi connectivity index (χ2v) is 7.94. The van der Waals surface area contributed by atoms with E-state index in [-0.39, 0.29) is 0 Å². The summed E-state index contributed by atoms with van der Waals surface area (Å²) in [6.07, 6.45) is 0.777. The van der Waals surface area contributed by atoms with Crippen LogP contribution in [-0.2, 0) is 4.79 Å². The number of carbonyl (C=O) groups is 2. The maximum Gasteiger partial charge on any atom is 0.268 e. The van der Waals surface area contributed by atoms with Crippen LogP contribution in [0, 0.1) is 11.3 Å². The van der Waals surface area contributed by atoms with Gasteiger partial charge in [-0.25, -0.2) is 8.78 Å². The molecular weight excluding hydrogens is 438 g/mol.